The van der Waals surface area contributed by atoms with Gasteiger partial charge in [-0.15, -0.1) is 0 Å². The van der Waals surface area contributed by atoms with E-state index in [-0.39, 0.29) is 6.04 Å². The van der Waals surface area contributed by atoms with E-state index in [0.717, 1.165) is 27.8 Å². The van der Waals surface area contributed by atoms with Gasteiger partial charge >= 0.3 is 0 Å². The van der Waals surface area contributed by atoms with E-state index in [9.17, 15) is 0 Å². The fraction of sp³-hybridized carbons (Fsp3) is 0.267. The Morgan fingerprint density at radius 1 is 1.30 bits per heavy atom. The van der Waals surface area contributed by atoms with Crippen molar-refractivity contribution in [3.8, 4) is 5.75 Å². The maximum atomic E-state index is 6.27. The van der Waals surface area contributed by atoms with E-state index in [1.54, 1.807) is 12.4 Å². The van der Waals surface area contributed by atoms with Crippen molar-refractivity contribution in [1.82, 2.24) is 4.98 Å². The molecule has 0 aliphatic carbocycles. The van der Waals surface area contributed by atoms with E-state index in [1.165, 1.54) is 0 Å². The van der Waals surface area contributed by atoms with Crippen LogP contribution in [0.15, 0.2) is 41.1 Å². The predicted molar refractivity (Wildman–Crippen MR) is 85.2 cm³/mol. The molecule has 2 aromatic rings. The van der Waals surface area contributed by atoms with Gasteiger partial charge in [0.2, 0.25) is 0 Å². The van der Waals surface area contributed by atoms with Gasteiger partial charge < -0.3 is 10.5 Å². The first-order valence-corrected chi connectivity index (χ1v) is 7.57. The standard InChI is InChI=1S/C15H16BrClN2O/c1-2-5-20-12-6-11(8-19-9-12)15(18)10-3-4-14(17)13(16)7-10/h3-4,6-9,15H,2,5,18H2,1H3. The summed E-state index contributed by atoms with van der Waals surface area (Å²) in [7, 11) is 0. The molecule has 0 saturated carbocycles. The van der Waals surface area contributed by atoms with E-state index < -0.39 is 0 Å². The van der Waals surface area contributed by atoms with E-state index in [4.69, 9.17) is 22.1 Å². The fourth-order valence-corrected chi connectivity index (χ4v) is 2.32. The van der Waals surface area contributed by atoms with Gasteiger partial charge in [0, 0.05) is 10.7 Å². The summed E-state index contributed by atoms with van der Waals surface area (Å²) in [5, 5.41) is 0.666. The zero-order chi connectivity index (χ0) is 14.5. The smallest absolute Gasteiger partial charge is 0.137 e. The second-order valence-electron chi connectivity index (χ2n) is 4.45. The Bertz CT molecular complexity index is 592. The van der Waals surface area contributed by atoms with Crippen molar-refractivity contribution in [2.24, 2.45) is 5.73 Å². The molecule has 0 radical (unpaired) electrons. The molecule has 5 heteroatoms. The molecule has 0 fully saturated rings. The quantitative estimate of drug-likeness (QED) is 0.868. The maximum absolute atomic E-state index is 6.27. The molecule has 0 bridgehead atoms. The van der Waals surface area contributed by atoms with Crippen LogP contribution in [0.3, 0.4) is 0 Å². The number of pyridine rings is 1. The summed E-state index contributed by atoms with van der Waals surface area (Å²) in [6.45, 7) is 2.74. The number of halogens is 2. The summed E-state index contributed by atoms with van der Waals surface area (Å²) in [5.41, 5.74) is 8.15. The number of aromatic nitrogens is 1. The molecule has 1 heterocycles. The Kier molecular flexibility index (Phi) is 5.40. The minimum atomic E-state index is -0.263. The van der Waals surface area contributed by atoms with Crippen LogP contribution in [0.2, 0.25) is 5.02 Å². The van der Waals surface area contributed by atoms with Gasteiger partial charge in [0.25, 0.3) is 0 Å². The number of benzene rings is 1. The summed E-state index contributed by atoms with van der Waals surface area (Å²) in [6.07, 6.45) is 4.41. The summed E-state index contributed by atoms with van der Waals surface area (Å²) in [5.74, 6) is 0.743. The van der Waals surface area contributed by atoms with Gasteiger partial charge in [-0.3, -0.25) is 4.98 Å². The lowest BCUT2D eigenvalue weighted by atomic mass is 10.0. The van der Waals surface area contributed by atoms with Gasteiger partial charge in [-0.05, 0) is 51.7 Å². The average Bonchev–Trinajstić information content (AvgIpc) is 2.47. The average molecular weight is 356 g/mol. The molecule has 0 aliphatic heterocycles. The molecule has 0 saturated heterocycles. The molecule has 2 rings (SSSR count). The SMILES string of the molecule is CCCOc1cncc(C(N)c2ccc(Cl)c(Br)c2)c1. The largest absolute Gasteiger partial charge is 0.492 e. The van der Waals surface area contributed by atoms with Crippen LogP contribution in [-0.4, -0.2) is 11.6 Å². The second-order valence-corrected chi connectivity index (χ2v) is 5.72. The van der Waals surface area contributed by atoms with Crippen molar-refractivity contribution in [3.05, 3.63) is 57.3 Å². The minimum absolute atomic E-state index is 0.263. The lowest BCUT2D eigenvalue weighted by Crippen LogP contribution is -2.12. The molecule has 0 aliphatic rings. The van der Waals surface area contributed by atoms with E-state index >= 15 is 0 Å². The Balaban J connectivity index is 2.23. The van der Waals surface area contributed by atoms with Crippen LogP contribution >= 0.6 is 27.5 Å². The lowest BCUT2D eigenvalue weighted by molar-refractivity contribution is 0.315. The summed E-state index contributed by atoms with van der Waals surface area (Å²) >= 11 is 9.40. The third kappa shape index (κ3) is 3.72. The Hall–Kier alpha value is -1.10. The highest BCUT2D eigenvalue weighted by Gasteiger charge is 2.12. The van der Waals surface area contributed by atoms with E-state index in [2.05, 4.69) is 27.8 Å². The van der Waals surface area contributed by atoms with Crippen LogP contribution < -0.4 is 10.5 Å². The van der Waals surface area contributed by atoms with Crippen LogP contribution in [0.4, 0.5) is 0 Å². The zero-order valence-corrected chi connectivity index (χ0v) is 13.5. The molecule has 0 amide bonds. The first-order chi connectivity index (χ1) is 9.61. The third-order valence-electron chi connectivity index (χ3n) is 2.87. The molecule has 1 aromatic heterocycles. The Labute approximate surface area is 132 Å². The number of hydrogen-bond donors (Lipinski definition) is 1. The minimum Gasteiger partial charge on any atom is -0.492 e. The van der Waals surface area contributed by atoms with Crippen LogP contribution in [-0.2, 0) is 0 Å². The third-order valence-corrected chi connectivity index (χ3v) is 4.08. The topological polar surface area (TPSA) is 48.1 Å². The maximum Gasteiger partial charge on any atom is 0.137 e. The predicted octanol–water partition coefficient (Wildman–Crippen LogP) is 4.33. The summed E-state index contributed by atoms with van der Waals surface area (Å²) in [4.78, 5) is 4.18. The summed E-state index contributed by atoms with van der Waals surface area (Å²) < 4.78 is 6.41. The van der Waals surface area contributed by atoms with Gasteiger partial charge in [0.15, 0.2) is 0 Å². The molecular formula is C15H16BrClN2O. The van der Waals surface area contributed by atoms with E-state index in [1.807, 2.05) is 24.3 Å². The first-order valence-electron chi connectivity index (χ1n) is 6.40. The van der Waals surface area contributed by atoms with Gasteiger partial charge in [-0.2, -0.15) is 0 Å². The molecule has 1 atom stereocenters. The van der Waals surface area contributed by atoms with Crippen molar-refractivity contribution in [2.45, 2.75) is 19.4 Å². The molecule has 1 unspecified atom stereocenters. The number of ether oxygens (including phenoxy) is 1. The lowest BCUT2D eigenvalue weighted by Gasteiger charge is -2.14. The van der Waals surface area contributed by atoms with Crippen molar-refractivity contribution >= 4 is 27.5 Å². The molecule has 0 spiro atoms. The highest BCUT2D eigenvalue weighted by Crippen LogP contribution is 2.28. The Morgan fingerprint density at radius 2 is 2.10 bits per heavy atom. The van der Waals surface area contributed by atoms with Crippen molar-refractivity contribution < 1.29 is 4.74 Å². The molecule has 20 heavy (non-hydrogen) atoms. The highest BCUT2D eigenvalue weighted by atomic mass is 79.9. The van der Waals surface area contributed by atoms with Crippen LogP contribution in [0.1, 0.15) is 30.5 Å². The number of rotatable bonds is 5. The Morgan fingerprint density at radius 3 is 2.80 bits per heavy atom. The number of hydrogen-bond acceptors (Lipinski definition) is 3. The zero-order valence-electron chi connectivity index (χ0n) is 11.1. The fourth-order valence-electron chi connectivity index (χ4n) is 1.80. The van der Waals surface area contributed by atoms with Crippen molar-refractivity contribution in [1.29, 1.82) is 0 Å². The van der Waals surface area contributed by atoms with Crippen LogP contribution in [0, 0.1) is 0 Å². The van der Waals surface area contributed by atoms with Crippen molar-refractivity contribution in [3.63, 3.8) is 0 Å². The molecule has 3 nitrogen and oxygen atoms in total. The normalized spacial score (nSPS) is 12.2. The number of nitrogens with zero attached hydrogens (tertiary/aromatic N) is 1. The van der Waals surface area contributed by atoms with Gasteiger partial charge in [0.05, 0.1) is 23.9 Å². The molecular weight excluding hydrogens is 340 g/mol. The monoisotopic (exact) mass is 354 g/mol. The van der Waals surface area contributed by atoms with Crippen LogP contribution in [0.5, 0.6) is 5.75 Å². The van der Waals surface area contributed by atoms with Gasteiger partial charge in [-0.25, -0.2) is 0 Å². The number of nitrogens with two attached hydrogens (primary N) is 1. The van der Waals surface area contributed by atoms with Crippen molar-refractivity contribution in [2.75, 3.05) is 6.61 Å². The molecule has 1 aromatic carbocycles. The van der Waals surface area contributed by atoms with Gasteiger partial charge in [0.1, 0.15) is 5.75 Å². The van der Waals surface area contributed by atoms with E-state index in [0.29, 0.717) is 11.6 Å². The second kappa shape index (κ2) is 7.07. The molecule has 2 N–H and O–H groups in total. The first kappa shape index (κ1) is 15.3. The molecule has 106 valence electrons. The van der Waals surface area contributed by atoms with Gasteiger partial charge in [-0.1, -0.05) is 24.6 Å². The summed E-state index contributed by atoms with van der Waals surface area (Å²) in [6, 6.07) is 7.33. The highest BCUT2D eigenvalue weighted by molar-refractivity contribution is 9.10. The van der Waals surface area contributed by atoms with Crippen LogP contribution in [0.25, 0.3) is 0 Å².